The first-order valence-electron chi connectivity index (χ1n) is 9.30. The zero-order valence-corrected chi connectivity index (χ0v) is 17.7. The number of hydrogen-bond donors (Lipinski definition) is 1. The molecule has 1 N–H and O–H groups in total. The molecule has 7 heteroatoms. The molecule has 0 spiro atoms. The summed E-state index contributed by atoms with van der Waals surface area (Å²) < 4.78 is 2.19. The van der Waals surface area contributed by atoms with Crippen molar-refractivity contribution in [1.29, 1.82) is 0 Å². The van der Waals surface area contributed by atoms with Gasteiger partial charge in [0.25, 0.3) is 5.91 Å². The topological polar surface area (TPSA) is 59.3 Å². The molecule has 0 unspecified atom stereocenters. The summed E-state index contributed by atoms with van der Waals surface area (Å²) in [6.07, 6.45) is 4.79. The van der Waals surface area contributed by atoms with Crippen molar-refractivity contribution >= 4 is 46.2 Å². The SMILES string of the molecule is Cc1c(/C=N/NC(=O)c2cccnc2)c2ccccc2n1Cc1ccc(Cl)c(Cl)c1. The molecule has 2 aromatic carbocycles. The lowest BCUT2D eigenvalue weighted by Gasteiger charge is -2.09. The van der Waals surface area contributed by atoms with Gasteiger partial charge in [0.1, 0.15) is 0 Å². The summed E-state index contributed by atoms with van der Waals surface area (Å²) in [5, 5.41) is 6.29. The third-order valence-corrected chi connectivity index (χ3v) is 5.63. The van der Waals surface area contributed by atoms with Crippen LogP contribution in [0.2, 0.25) is 10.0 Å². The Kier molecular flexibility index (Phi) is 5.84. The number of carbonyl (C=O) groups is 1. The molecule has 2 heterocycles. The molecule has 0 aliphatic heterocycles. The van der Waals surface area contributed by atoms with Crippen LogP contribution in [0, 0.1) is 6.92 Å². The van der Waals surface area contributed by atoms with E-state index in [1.165, 1.54) is 6.20 Å². The van der Waals surface area contributed by atoms with Gasteiger partial charge >= 0.3 is 0 Å². The molecular weight excluding hydrogens is 419 g/mol. The molecule has 0 fully saturated rings. The number of para-hydroxylation sites is 1. The van der Waals surface area contributed by atoms with E-state index in [2.05, 4.69) is 26.1 Å². The third-order valence-electron chi connectivity index (χ3n) is 4.89. The van der Waals surface area contributed by atoms with Crippen molar-refractivity contribution in [2.75, 3.05) is 0 Å². The minimum atomic E-state index is -0.309. The van der Waals surface area contributed by atoms with Crippen LogP contribution in [0.3, 0.4) is 0 Å². The maximum absolute atomic E-state index is 12.2. The van der Waals surface area contributed by atoms with Gasteiger partial charge < -0.3 is 4.57 Å². The first kappa shape index (κ1) is 20.1. The number of rotatable bonds is 5. The fraction of sp³-hybridized carbons (Fsp3) is 0.0870. The molecule has 0 saturated carbocycles. The lowest BCUT2D eigenvalue weighted by molar-refractivity contribution is 0.0955. The molecule has 150 valence electrons. The lowest BCUT2D eigenvalue weighted by atomic mass is 10.1. The smallest absolute Gasteiger partial charge is 0.272 e. The van der Waals surface area contributed by atoms with Gasteiger partial charge in [-0.2, -0.15) is 5.10 Å². The van der Waals surface area contributed by atoms with E-state index < -0.39 is 0 Å². The second-order valence-corrected chi connectivity index (χ2v) is 7.61. The predicted molar refractivity (Wildman–Crippen MR) is 122 cm³/mol. The van der Waals surface area contributed by atoms with E-state index in [4.69, 9.17) is 23.2 Å². The number of nitrogens with one attached hydrogen (secondary N) is 1. The van der Waals surface area contributed by atoms with Gasteiger partial charge in [0.15, 0.2) is 0 Å². The Labute approximate surface area is 184 Å². The number of benzene rings is 2. The van der Waals surface area contributed by atoms with Crippen LogP contribution in [0.5, 0.6) is 0 Å². The highest BCUT2D eigenvalue weighted by Gasteiger charge is 2.13. The van der Waals surface area contributed by atoms with Crippen LogP contribution in [-0.2, 0) is 6.54 Å². The highest BCUT2D eigenvalue weighted by Crippen LogP contribution is 2.27. The van der Waals surface area contributed by atoms with Crippen LogP contribution in [0.1, 0.15) is 27.2 Å². The monoisotopic (exact) mass is 436 g/mol. The Bertz CT molecular complexity index is 1250. The maximum atomic E-state index is 12.2. The standard InChI is InChI=1S/C23H18Cl2N4O/c1-15-19(13-27-28-23(30)17-5-4-10-26-12-17)18-6-2-3-7-22(18)29(15)14-16-8-9-20(24)21(25)11-16/h2-13H,14H2,1H3,(H,28,30)/b27-13+. The van der Waals surface area contributed by atoms with Gasteiger partial charge in [-0.25, -0.2) is 5.43 Å². The van der Waals surface area contributed by atoms with Gasteiger partial charge in [-0.15, -0.1) is 0 Å². The summed E-state index contributed by atoms with van der Waals surface area (Å²) in [6.45, 7) is 2.67. The zero-order valence-electron chi connectivity index (χ0n) is 16.1. The van der Waals surface area contributed by atoms with Crippen molar-refractivity contribution in [1.82, 2.24) is 15.0 Å². The second-order valence-electron chi connectivity index (χ2n) is 6.79. The number of nitrogens with zero attached hydrogens (tertiary/aromatic N) is 3. The van der Waals surface area contributed by atoms with Gasteiger partial charge in [-0.3, -0.25) is 9.78 Å². The van der Waals surface area contributed by atoms with Gasteiger partial charge in [0.05, 0.1) is 21.8 Å². The van der Waals surface area contributed by atoms with Gasteiger partial charge in [-0.05, 0) is 42.8 Å². The molecule has 4 aromatic rings. The normalized spacial score (nSPS) is 11.3. The summed E-state index contributed by atoms with van der Waals surface area (Å²) in [6, 6.07) is 17.1. The van der Waals surface area contributed by atoms with Crippen molar-refractivity contribution in [3.8, 4) is 0 Å². The van der Waals surface area contributed by atoms with Crippen molar-refractivity contribution in [2.24, 2.45) is 5.10 Å². The number of halogens is 2. The molecular formula is C23H18Cl2N4O. The van der Waals surface area contributed by atoms with Gasteiger partial charge in [-0.1, -0.05) is 47.5 Å². The Morgan fingerprint density at radius 1 is 1.13 bits per heavy atom. The molecule has 0 saturated heterocycles. The largest absolute Gasteiger partial charge is 0.340 e. The van der Waals surface area contributed by atoms with Crippen LogP contribution in [0.15, 0.2) is 72.1 Å². The molecule has 4 rings (SSSR count). The number of amides is 1. The van der Waals surface area contributed by atoms with Crippen LogP contribution < -0.4 is 5.43 Å². The fourth-order valence-electron chi connectivity index (χ4n) is 3.36. The van der Waals surface area contributed by atoms with Gasteiger partial charge in [0.2, 0.25) is 0 Å². The van der Waals surface area contributed by atoms with Crippen molar-refractivity contribution in [2.45, 2.75) is 13.5 Å². The van der Waals surface area contributed by atoms with Crippen molar-refractivity contribution in [3.05, 3.63) is 99.4 Å². The third kappa shape index (κ3) is 4.08. The number of carbonyl (C=O) groups excluding carboxylic acids is 1. The van der Waals surface area contributed by atoms with E-state index in [0.717, 1.165) is 27.7 Å². The molecule has 0 bridgehead atoms. The van der Waals surface area contributed by atoms with Crippen molar-refractivity contribution < 1.29 is 4.79 Å². The first-order chi connectivity index (χ1) is 14.5. The minimum Gasteiger partial charge on any atom is -0.340 e. The van der Waals surface area contributed by atoms with Gasteiger partial charge in [0, 0.05) is 41.1 Å². The molecule has 1 amide bonds. The summed E-state index contributed by atoms with van der Waals surface area (Å²) in [5.74, 6) is -0.309. The summed E-state index contributed by atoms with van der Waals surface area (Å²) in [7, 11) is 0. The van der Waals surface area contributed by atoms with E-state index in [1.807, 2.05) is 37.3 Å². The summed E-state index contributed by atoms with van der Waals surface area (Å²) >= 11 is 12.2. The van der Waals surface area contributed by atoms with E-state index >= 15 is 0 Å². The number of aromatic nitrogens is 2. The number of pyridine rings is 1. The predicted octanol–water partition coefficient (Wildman–Crippen LogP) is 5.46. The summed E-state index contributed by atoms with van der Waals surface area (Å²) in [4.78, 5) is 16.1. The van der Waals surface area contributed by atoms with Crippen LogP contribution in [0.25, 0.3) is 10.9 Å². The minimum absolute atomic E-state index is 0.309. The summed E-state index contributed by atoms with van der Waals surface area (Å²) in [5.41, 5.74) is 7.10. The average molecular weight is 437 g/mol. The maximum Gasteiger partial charge on any atom is 0.272 e. The number of fused-ring (bicyclic) bond motifs is 1. The highest BCUT2D eigenvalue weighted by atomic mass is 35.5. The van der Waals surface area contributed by atoms with Crippen LogP contribution >= 0.6 is 23.2 Å². The Morgan fingerprint density at radius 2 is 1.97 bits per heavy atom. The van der Waals surface area contributed by atoms with Crippen LogP contribution in [-0.4, -0.2) is 21.7 Å². The van der Waals surface area contributed by atoms with Crippen molar-refractivity contribution in [3.63, 3.8) is 0 Å². The molecule has 0 aliphatic carbocycles. The molecule has 0 aliphatic rings. The molecule has 2 aromatic heterocycles. The first-order valence-corrected chi connectivity index (χ1v) is 10.1. The number of hydrogen-bond acceptors (Lipinski definition) is 3. The van der Waals surface area contributed by atoms with E-state index in [9.17, 15) is 4.79 Å². The Balaban J connectivity index is 1.65. The molecule has 30 heavy (non-hydrogen) atoms. The Morgan fingerprint density at radius 3 is 2.73 bits per heavy atom. The number of hydrazone groups is 1. The van der Waals surface area contributed by atoms with Crippen LogP contribution in [0.4, 0.5) is 0 Å². The quantitative estimate of drug-likeness (QED) is 0.333. The second kappa shape index (κ2) is 8.69. The molecule has 5 nitrogen and oxygen atoms in total. The average Bonchev–Trinajstić information content (AvgIpc) is 3.03. The van der Waals surface area contributed by atoms with E-state index in [1.54, 1.807) is 30.6 Å². The van der Waals surface area contributed by atoms with E-state index in [0.29, 0.717) is 22.2 Å². The Hall–Kier alpha value is -3.15. The molecule has 0 radical (unpaired) electrons. The highest BCUT2D eigenvalue weighted by molar-refractivity contribution is 6.42. The molecule has 0 atom stereocenters. The van der Waals surface area contributed by atoms with E-state index in [-0.39, 0.29) is 5.91 Å². The zero-order chi connectivity index (χ0) is 21.1. The fourth-order valence-corrected chi connectivity index (χ4v) is 3.68. The lowest BCUT2D eigenvalue weighted by Crippen LogP contribution is -2.17.